The average molecular weight is 434 g/mol. The maximum Gasteiger partial charge on any atom is 0.308 e. The van der Waals surface area contributed by atoms with E-state index in [0.29, 0.717) is 18.9 Å². The Balaban J connectivity index is 2.75. The Kier molecular flexibility index (Phi) is 8.42. The summed E-state index contributed by atoms with van der Waals surface area (Å²) in [7, 11) is -6.42. The van der Waals surface area contributed by atoms with Gasteiger partial charge in [-0.2, -0.15) is 0 Å². The number of ether oxygens (including phenoxy) is 1. The predicted molar refractivity (Wildman–Crippen MR) is 107 cm³/mol. The minimum atomic E-state index is -3.60. The summed E-state index contributed by atoms with van der Waals surface area (Å²) in [5, 5.41) is 2.12. The van der Waals surface area contributed by atoms with Gasteiger partial charge in [-0.3, -0.25) is 14.4 Å². The van der Waals surface area contributed by atoms with E-state index in [2.05, 4.69) is 5.32 Å². The molecular weight excluding hydrogens is 402 g/mol. The molecule has 160 valence electrons. The van der Waals surface area contributed by atoms with Crippen LogP contribution in [0.15, 0.2) is 11.8 Å². The molecule has 8 nitrogen and oxygen atoms in total. The van der Waals surface area contributed by atoms with Crippen molar-refractivity contribution >= 4 is 35.8 Å². The van der Waals surface area contributed by atoms with Gasteiger partial charge in [-0.1, -0.05) is 20.8 Å². The number of hydrogen-bond acceptors (Lipinski definition) is 7. The smallest absolute Gasteiger partial charge is 0.308 e. The first-order valence-electron chi connectivity index (χ1n) is 9.24. The van der Waals surface area contributed by atoms with Gasteiger partial charge in [-0.25, -0.2) is 8.42 Å². The highest BCUT2D eigenvalue weighted by Crippen LogP contribution is 2.32. The molecule has 0 radical (unpaired) electrons. The van der Waals surface area contributed by atoms with Crippen LogP contribution in [-0.4, -0.2) is 52.3 Å². The van der Waals surface area contributed by atoms with Gasteiger partial charge < -0.3 is 14.5 Å². The molecule has 1 rings (SSSR count). The van der Waals surface area contributed by atoms with Crippen LogP contribution in [0.4, 0.5) is 0 Å². The summed E-state index contributed by atoms with van der Waals surface area (Å²) in [6.45, 7) is 8.81. The van der Waals surface area contributed by atoms with Crippen LogP contribution in [0.3, 0.4) is 0 Å². The van der Waals surface area contributed by atoms with E-state index in [1.807, 2.05) is 27.3 Å². The molecule has 0 saturated heterocycles. The van der Waals surface area contributed by atoms with E-state index >= 15 is 0 Å². The van der Waals surface area contributed by atoms with Gasteiger partial charge in [-0.05, 0) is 30.5 Å². The summed E-state index contributed by atoms with van der Waals surface area (Å²) in [5.41, 5.74) is -0.171. The van der Waals surface area contributed by atoms with E-state index in [-0.39, 0.29) is 47.1 Å². The van der Waals surface area contributed by atoms with Crippen LogP contribution in [0, 0.1) is 5.41 Å². The first-order chi connectivity index (χ1) is 12.7. The molecule has 1 N–H and O–H groups in total. The number of sulfone groups is 1. The third kappa shape index (κ3) is 9.49. The minimum absolute atomic E-state index is 0.0911. The number of rotatable bonds is 10. The van der Waals surface area contributed by atoms with Crippen molar-refractivity contribution < 1.29 is 32.0 Å². The van der Waals surface area contributed by atoms with Gasteiger partial charge in [0.05, 0.1) is 17.5 Å². The van der Waals surface area contributed by atoms with Crippen LogP contribution in [0.2, 0.25) is 12.6 Å². The Hall–Kier alpha value is -1.68. The summed E-state index contributed by atoms with van der Waals surface area (Å²) in [4.78, 5) is 34.4. The minimum Gasteiger partial charge on any atom is -0.541 e. The van der Waals surface area contributed by atoms with Crippen molar-refractivity contribution in [2.24, 2.45) is 5.41 Å². The first-order valence-corrected chi connectivity index (χ1v) is 13.9. The number of amides is 1. The third-order valence-corrected chi connectivity index (χ3v) is 11.5. The Labute approximate surface area is 168 Å². The number of hydrogen-bond donors (Lipinski definition) is 1. The number of carbonyl (C=O) groups is 3. The van der Waals surface area contributed by atoms with Crippen LogP contribution in [0.1, 0.15) is 47.0 Å². The van der Waals surface area contributed by atoms with Gasteiger partial charge in [-0.15, -0.1) is 0 Å². The van der Waals surface area contributed by atoms with Crippen molar-refractivity contribution in [3.05, 3.63) is 11.8 Å². The standard InChI is InChI=1S/C18H31NO7SSi/c1-14(20)19-12-25-17(22)9-10-27(23,24)13-28(5,11-18(2,3)4)26-16-8-6-7-15(16)21/h8H,6-7,9-13H2,1-5H3,(H,19,20). The number of nitrogens with one attached hydrogen (secondary N) is 1. The molecule has 0 aromatic carbocycles. The second kappa shape index (κ2) is 9.68. The van der Waals surface area contributed by atoms with E-state index < -0.39 is 24.1 Å². The number of carbonyl (C=O) groups excluding carboxylic acids is 3. The molecule has 0 spiro atoms. The van der Waals surface area contributed by atoms with E-state index in [1.165, 1.54) is 6.92 Å². The summed E-state index contributed by atoms with van der Waals surface area (Å²) in [6.07, 6.45) is 2.43. The molecule has 0 heterocycles. The van der Waals surface area contributed by atoms with Gasteiger partial charge in [0, 0.05) is 13.3 Å². The molecule has 1 unspecified atom stereocenters. The van der Waals surface area contributed by atoms with Gasteiger partial charge >= 0.3 is 5.97 Å². The summed E-state index contributed by atoms with van der Waals surface area (Å²) >= 11 is 0. The van der Waals surface area contributed by atoms with Crippen LogP contribution in [0.25, 0.3) is 0 Å². The lowest BCUT2D eigenvalue weighted by Gasteiger charge is -2.34. The summed E-state index contributed by atoms with van der Waals surface area (Å²) in [5.74, 6) is -1.23. The highest BCUT2D eigenvalue weighted by atomic mass is 32.2. The van der Waals surface area contributed by atoms with Crippen molar-refractivity contribution in [1.29, 1.82) is 0 Å². The predicted octanol–water partition coefficient (Wildman–Crippen LogP) is 1.85. The zero-order valence-corrected chi connectivity index (χ0v) is 19.1. The molecule has 0 aromatic rings. The Morgan fingerprint density at radius 1 is 1.29 bits per heavy atom. The molecule has 1 atom stereocenters. The van der Waals surface area contributed by atoms with Crippen LogP contribution in [0.5, 0.6) is 0 Å². The van der Waals surface area contributed by atoms with E-state index in [0.717, 1.165) is 0 Å². The molecule has 0 fully saturated rings. The van der Waals surface area contributed by atoms with Crippen LogP contribution in [-0.2, 0) is 33.4 Å². The van der Waals surface area contributed by atoms with Gasteiger partial charge in [0.15, 0.2) is 22.4 Å². The topological polar surface area (TPSA) is 116 Å². The average Bonchev–Trinajstić information content (AvgIpc) is 2.87. The fraction of sp³-hybridized carbons (Fsp3) is 0.722. The highest BCUT2D eigenvalue weighted by molar-refractivity contribution is 7.93. The van der Waals surface area contributed by atoms with Crippen molar-refractivity contribution in [2.75, 3.05) is 17.9 Å². The number of esters is 1. The fourth-order valence-electron chi connectivity index (χ4n) is 3.24. The molecule has 0 aromatic heterocycles. The zero-order valence-electron chi connectivity index (χ0n) is 17.3. The molecule has 1 aliphatic carbocycles. The number of allylic oxidation sites excluding steroid dienone is 2. The molecule has 0 saturated carbocycles. The van der Waals surface area contributed by atoms with Crippen LogP contribution >= 0.6 is 0 Å². The highest BCUT2D eigenvalue weighted by Gasteiger charge is 2.42. The molecule has 0 aliphatic heterocycles. The summed E-state index contributed by atoms with van der Waals surface area (Å²) < 4.78 is 36.1. The fourth-order valence-corrected chi connectivity index (χ4v) is 11.7. The molecular formula is C18H31NO7SSi. The van der Waals surface area contributed by atoms with E-state index in [4.69, 9.17) is 9.16 Å². The van der Waals surface area contributed by atoms with Crippen molar-refractivity contribution in [2.45, 2.75) is 59.5 Å². The SMILES string of the molecule is CC(=O)NCOC(=O)CCS(=O)(=O)C[Si](C)(CC(C)(C)C)OC1=CCCC1=O. The summed E-state index contributed by atoms with van der Waals surface area (Å²) in [6, 6.07) is 0.552. The molecule has 0 bridgehead atoms. The lowest BCUT2D eigenvalue weighted by Crippen LogP contribution is -2.46. The van der Waals surface area contributed by atoms with Crippen molar-refractivity contribution in [1.82, 2.24) is 5.32 Å². The largest absolute Gasteiger partial charge is 0.541 e. The van der Waals surface area contributed by atoms with E-state index in [9.17, 15) is 22.8 Å². The first kappa shape index (κ1) is 24.4. The maximum atomic E-state index is 12.6. The molecule has 1 amide bonds. The lowest BCUT2D eigenvalue weighted by molar-refractivity contribution is -0.144. The van der Waals surface area contributed by atoms with E-state index in [1.54, 1.807) is 6.08 Å². The number of ketones is 1. The molecule has 28 heavy (non-hydrogen) atoms. The van der Waals surface area contributed by atoms with Crippen molar-refractivity contribution in [3.8, 4) is 0 Å². The maximum absolute atomic E-state index is 12.6. The number of Topliss-reactive ketones (excluding diaryl/α,β-unsaturated/α-hetero) is 1. The van der Waals surface area contributed by atoms with Crippen LogP contribution < -0.4 is 5.32 Å². The lowest BCUT2D eigenvalue weighted by atomic mass is 10.0. The Morgan fingerprint density at radius 2 is 1.93 bits per heavy atom. The molecule has 10 heteroatoms. The van der Waals surface area contributed by atoms with Gasteiger partial charge in [0.2, 0.25) is 5.91 Å². The molecule has 1 aliphatic rings. The monoisotopic (exact) mass is 433 g/mol. The Bertz CT molecular complexity index is 740. The zero-order chi connectivity index (χ0) is 21.6. The Morgan fingerprint density at radius 3 is 2.43 bits per heavy atom. The van der Waals surface area contributed by atoms with Gasteiger partial charge in [0.1, 0.15) is 5.76 Å². The van der Waals surface area contributed by atoms with Gasteiger partial charge in [0.25, 0.3) is 8.32 Å². The quantitative estimate of drug-likeness (QED) is 0.317. The second-order valence-electron chi connectivity index (χ2n) is 8.56. The van der Waals surface area contributed by atoms with Crippen molar-refractivity contribution in [3.63, 3.8) is 0 Å². The third-order valence-electron chi connectivity index (χ3n) is 3.93. The normalized spacial score (nSPS) is 16.9. The second-order valence-corrected chi connectivity index (χ2v) is 15.1.